The van der Waals surface area contributed by atoms with Crippen LogP contribution in [0.4, 0.5) is 4.39 Å². The molecule has 4 aromatic heterocycles. The number of halogens is 1. The Morgan fingerprint density at radius 3 is 2.65 bits per heavy atom. The number of pyridine rings is 2. The van der Waals surface area contributed by atoms with Crippen LogP contribution in [0, 0.1) is 12.9 Å². The molecule has 0 bridgehead atoms. The van der Waals surface area contributed by atoms with Crippen molar-refractivity contribution in [2.45, 2.75) is 13.3 Å². The Labute approximate surface area is 149 Å². The van der Waals surface area contributed by atoms with Gasteiger partial charge in [0.1, 0.15) is 12.0 Å². The van der Waals surface area contributed by atoms with Crippen LogP contribution in [-0.4, -0.2) is 32.0 Å². The molecule has 0 spiro atoms. The third-order valence-electron chi connectivity index (χ3n) is 4.17. The van der Waals surface area contributed by atoms with Crippen molar-refractivity contribution in [1.82, 2.24) is 24.9 Å². The minimum absolute atomic E-state index is 0.351. The molecule has 0 radical (unpaired) electrons. The molecule has 0 aliphatic heterocycles. The molecule has 4 rings (SSSR count). The minimum Gasteiger partial charge on any atom is -0.480 e. The molecule has 0 atom stereocenters. The summed E-state index contributed by atoms with van der Waals surface area (Å²) in [6, 6.07) is 9.10. The SMILES string of the molecule is COc1ncnc2[nH]cc(Cc3ccc(-c4cccc(C)n4)nc3F)c12. The zero-order valence-corrected chi connectivity index (χ0v) is 14.3. The largest absolute Gasteiger partial charge is 0.480 e. The topological polar surface area (TPSA) is 76.6 Å². The zero-order chi connectivity index (χ0) is 18.1. The monoisotopic (exact) mass is 349 g/mol. The van der Waals surface area contributed by atoms with Gasteiger partial charge in [-0.25, -0.2) is 15.0 Å². The van der Waals surface area contributed by atoms with E-state index in [1.165, 1.54) is 6.33 Å². The first-order valence-electron chi connectivity index (χ1n) is 8.10. The smallest absolute Gasteiger partial charge is 0.226 e. The quantitative estimate of drug-likeness (QED) is 0.571. The predicted molar refractivity (Wildman–Crippen MR) is 95.4 cm³/mol. The van der Waals surface area contributed by atoms with Gasteiger partial charge >= 0.3 is 0 Å². The molecule has 0 fully saturated rings. The molecule has 0 saturated heterocycles. The number of fused-ring (bicyclic) bond motifs is 1. The van der Waals surface area contributed by atoms with Crippen LogP contribution in [0.5, 0.6) is 5.88 Å². The van der Waals surface area contributed by atoms with E-state index in [1.807, 2.05) is 25.1 Å². The molecule has 0 unspecified atom stereocenters. The molecular formula is C19H16FN5O. The van der Waals surface area contributed by atoms with Crippen molar-refractivity contribution in [3.63, 3.8) is 0 Å². The van der Waals surface area contributed by atoms with Gasteiger partial charge in [-0.3, -0.25) is 4.98 Å². The standard InChI is InChI=1S/C19H16FN5O/c1-11-4-3-5-14(24-11)15-7-6-12(17(20)25-15)8-13-9-21-18-16(13)19(26-2)23-10-22-18/h3-7,9-10H,8H2,1-2H3,(H,21,22,23). The van der Waals surface area contributed by atoms with Gasteiger partial charge in [-0.1, -0.05) is 12.1 Å². The van der Waals surface area contributed by atoms with Gasteiger partial charge in [0.25, 0.3) is 0 Å². The predicted octanol–water partition coefficient (Wildman–Crippen LogP) is 3.46. The molecule has 0 amide bonds. The summed E-state index contributed by atoms with van der Waals surface area (Å²) in [5.41, 5.74) is 4.00. The van der Waals surface area contributed by atoms with Crippen LogP contribution < -0.4 is 4.74 Å². The molecule has 130 valence electrons. The molecule has 7 heteroatoms. The fourth-order valence-corrected chi connectivity index (χ4v) is 2.92. The van der Waals surface area contributed by atoms with Crippen molar-refractivity contribution in [1.29, 1.82) is 0 Å². The van der Waals surface area contributed by atoms with E-state index in [0.717, 1.165) is 16.6 Å². The normalized spacial score (nSPS) is 11.0. The summed E-state index contributed by atoms with van der Waals surface area (Å²) in [5, 5.41) is 0.749. The number of aromatic nitrogens is 5. The number of H-pyrrole nitrogens is 1. The Morgan fingerprint density at radius 2 is 1.88 bits per heavy atom. The number of nitrogens with one attached hydrogen (secondary N) is 1. The van der Waals surface area contributed by atoms with E-state index in [4.69, 9.17) is 4.74 Å². The first-order chi connectivity index (χ1) is 12.7. The molecule has 0 aromatic carbocycles. The second-order valence-corrected chi connectivity index (χ2v) is 5.91. The highest BCUT2D eigenvalue weighted by Crippen LogP contribution is 2.27. The average Bonchev–Trinajstić information content (AvgIpc) is 3.06. The lowest BCUT2D eigenvalue weighted by atomic mass is 10.1. The molecule has 26 heavy (non-hydrogen) atoms. The van der Waals surface area contributed by atoms with E-state index >= 15 is 0 Å². The summed E-state index contributed by atoms with van der Waals surface area (Å²) in [7, 11) is 1.55. The van der Waals surface area contributed by atoms with Crippen LogP contribution in [0.1, 0.15) is 16.8 Å². The van der Waals surface area contributed by atoms with E-state index in [9.17, 15) is 4.39 Å². The highest BCUT2D eigenvalue weighted by atomic mass is 19.1. The minimum atomic E-state index is -0.518. The second-order valence-electron chi connectivity index (χ2n) is 5.91. The number of ether oxygens (including phenoxy) is 1. The van der Waals surface area contributed by atoms with Gasteiger partial charge in [0.15, 0.2) is 0 Å². The Kier molecular flexibility index (Phi) is 4.04. The van der Waals surface area contributed by atoms with Gasteiger partial charge in [0, 0.05) is 23.9 Å². The van der Waals surface area contributed by atoms with Crippen LogP contribution in [0.2, 0.25) is 0 Å². The summed E-state index contributed by atoms with van der Waals surface area (Å²) in [6.07, 6.45) is 3.56. The van der Waals surface area contributed by atoms with Gasteiger partial charge in [0.05, 0.1) is 23.9 Å². The number of aromatic amines is 1. The maximum atomic E-state index is 14.6. The summed E-state index contributed by atoms with van der Waals surface area (Å²) in [5.74, 6) is -0.0591. The molecular weight excluding hydrogens is 333 g/mol. The van der Waals surface area contributed by atoms with Crippen molar-refractivity contribution in [2.75, 3.05) is 7.11 Å². The molecule has 4 aromatic rings. The third-order valence-corrected chi connectivity index (χ3v) is 4.17. The average molecular weight is 349 g/mol. The van der Waals surface area contributed by atoms with Crippen LogP contribution in [0.15, 0.2) is 42.9 Å². The lowest BCUT2D eigenvalue weighted by Gasteiger charge is -2.06. The summed E-state index contributed by atoms with van der Waals surface area (Å²) in [4.78, 5) is 19.8. The fraction of sp³-hybridized carbons (Fsp3) is 0.158. The van der Waals surface area contributed by atoms with Crippen LogP contribution in [-0.2, 0) is 6.42 Å². The molecule has 4 heterocycles. The number of nitrogens with zero attached hydrogens (tertiary/aromatic N) is 4. The van der Waals surface area contributed by atoms with Crippen LogP contribution in [0.3, 0.4) is 0 Å². The van der Waals surface area contributed by atoms with Gasteiger partial charge < -0.3 is 9.72 Å². The Balaban J connectivity index is 1.70. The van der Waals surface area contributed by atoms with E-state index in [0.29, 0.717) is 34.9 Å². The maximum Gasteiger partial charge on any atom is 0.226 e. The first-order valence-corrected chi connectivity index (χ1v) is 8.10. The summed E-state index contributed by atoms with van der Waals surface area (Å²) < 4.78 is 19.9. The van der Waals surface area contributed by atoms with Gasteiger partial charge in [-0.2, -0.15) is 4.39 Å². The number of rotatable bonds is 4. The van der Waals surface area contributed by atoms with Crippen LogP contribution in [0.25, 0.3) is 22.4 Å². The number of hydrogen-bond acceptors (Lipinski definition) is 5. The fourth-order valence-electron chi connectivity index (χ4n) is 2.92. The maximum absolute atomic E-state index is 14.6. The van der Waals surface area contributed by atoms with Gasteiger partial charge in [-0.15, -0.1) is 0 Å². The van der Waals surface area contributed by atoms with Crippen molar-refractivity contribution >= 4 is 11.0 Å². The Morgan fingerprint density at radius 1 is 1.04 bits per heavy atom. The van der Waals surface area contributed by atoms with Gasteiger partial charge in [0.2, 0.25) is 11.8 Å². The first kappa shape index (κ1) is 16.1. The Bertz CT molecular complexity index is 1090. The van der Waals surface area contributed by atoms with Crippen LogP contribution >= 0.6 is 0 Å². The molecule has 6 nitrogen and oxygen atoms in total. The van der Waals surface area contributed by atoms with E-state index < -0.39 is 5.95 Å². The molecule has 0 aliphatic carbocycles. The molecule has 1 N–H and O–H groups in total. The molecule has 0 aliphatic rings. The third kappa shape index (κ3) is 2.88. The lowest BCUT2D eigenvalue weighted by molar-refractivity contribution is 0.402. The van der Waals surface area contributed by atoms with Crippen molar-refractivity contribution in [3.8, 4) is 17.3 Å². The second kappa shape index (κ2) is 6.51. The van der Waals surface area contributed by atoms with E-state index in [2.05, 4.69) is 24.9 Å². The number of hydrogen-bond donors (Lipinski definition) is 1. The van der Waals surface area contributed by atoms with E-state index in [-0.39, 0.29) is 0 Å². The lowest BCUT2D eigenvalue weighted by Crippen LogP contribution is -1.99. The van der Waals surface area contributed by atoms with Crippen molar-refractivity contribution in [2.24, 2.45) is 0 Å². The van der Waals surface area contributed by atoms with Crippen molar-refractivity contribution < 1.29 is 9.13 Å². The number of methoxy groups -OCH3 is 1. The summed E-state index contributed by atoms with van der Waals surface area (Å²) in [6.45, 7) is 1.89. The summed E-state index contributed by atoms with van der Waals surface area (Å²) >= 11 is 0. The van der Waals surface area contributed by atoms with Crippen molar-refractivity contribution in [3.05, 3.63) is 65.6 Å². The number of aryl methyl sites for hydroxylation is 1. The van der Waals surface area contributed by atoms with E-state index in [1.54, 1.807) is 25.4 Å². The Hall–Kier alpha value is -3.35. The van der Waals surface area contributed by atoms with Gasteiger partial charge in [-0.05, 0) is 30.7 Å². The molecule has 0 saturated carbocycles. The highest BCUT2D eigenvalue weighted by molar-refractivity contribution is 5.85. The zero-order valence-electron chi connectivity index (χ0n) is 14.3. The highest BCUT2D eigenvalue weighted by Gasteiger charge is 2.15.